The van der Waals surface area contributed by atoms with Crippen LogP contribution in [0.4, 0.5) is 0 Å². The summed E-state index contributed by atoms with van der Waals surface area (Å²) < 4.78 is 27.2. The van der Waals surface area contributed by atoms with Crippen LogP contribution in [-0.2, 0) is 16.4 Å². The van der Waals surface area contributed by atoms with Crippen LogP contribution >= 0.6 is 0 Å². The van der Waals surface area contributed by atoms with Crippen molar-refractivity contribution < 1.29 is 8.42 Å². The highest BCUT2D eigenvalue weighted by Crippen LogP contribution is 2.40. The molecule has 21 heavy (non-hydrogen) atoms. The minimum atomic E-state index is -3.16. The van der Waals surface area contributed by atoms with E-state index in [0.717, 1.165) is 31.2 Å². The number of piperidine rings is 1. The predicted octanol–water partition coefficient (Wildman–Crippen LogP) is 1.76. The van der Waals surface area contributed by atoms with Crippen LogP contribution in [0.2, 0.25) is 0 Å². The molecule has 5 heteroatoms. The van der Waals surface area contributed by atoms with Gasteiger partial charge in [-0.1, -0.05) is 30.3 Å². The van der Waals surface area contributed by atoms with Gasteiger partial charge in [-0.3, -0.25) is 0 Å². The van der Waals surface area contributed by atoms with Gasteiger partial charge in [0.2, 0.25) is 10.0 Å². The number of sulfonamides is 1. The Balaban J connectivity index is 1.68. The Bertz CT molecular complexity index is 559. The number of hydrogen-bond donors (Lipinski definition) is 1. The summed E-state index contributed by atoms with van der Waals surface area (Å²) in [4.78, 5) is 0. The number of rotatable bonds is 5. The first-order valence-electron chi connectivity index (χ1n) is 7.85. The first-order chi connectivity index (χ1) is 10.1. The molecule has 2 heterocycles. The molecule has 2 unspecified atom stereocenters. The summed E-state index contributed by atoms with van der Waals surface area (Å²) in [7, 11) is -3.16. The zero-order chi connectivity index (χ0) is 14.9. The lowest BCUT2D eigenvalue weighted by Gasteiger charge is -2.37. The number of benzene rings is 1. The number of hydrogen-bond acceptors (Lipinski definition) is 3. The fourth-order valence-electron chi connectivity index (χ4n) is 3.89. The van der Waals surface area contributed by atoms with Gasteiger partial charge in [0.1, 0.15) is 0 Å². The maximum atomic E-state index is 12.7. The molecule has 4 nitrogen and oxygen atoms in total. The molecule has 2 N–H and O–H groups in total. The van der Waals surface area contributed by atoms with E-state index >= 15 is 0 Å². The van der Waals surface area contributed by atoms with E-state index in [-0.39, 0.29) is 17.8 Å². The SMILES string of the molecule is NCC1CC2CCC(C1)N2S(=O)(=O)CCc1ccccc1. The van der Waals surface area contributed by atoms with Crippen molar-refractivity contribution in [3.05, 3.63) is 35.9 Å². The van der Waals surface area contributed by atoms with Crippen molar-refractivity contribution in [1.82, 2.24) is 4.31 Å². The van der Waals surface area contributed by atoms with Crippen LogP contribution in [0, 0.1) is 5.92 Å². The molecule has 0 radical (unpaired) electrons. The van der Waals surface area contributed by atoms with E-state index in [1.807, 2.05) is 34.6 Å². The zero-order valence-electron chi connectivity index (χ0n) is 12.3. The van der Waals surface area contributed by atoms with Gasteiger partial charge in [0.15, 0.2) is 0 Å². The number of nitrogens with zero attached hydrogens (tertiary/aromatic N) is 1. The maximum absolute atomic E-state index is 12.7. The van der Waals surface area contributed by atoms with E-state index in [1.165, 1.54) is 0 Å². The Kier molecular flexibility index (Phi) is 4.33. The lowest BCUT2D eigenvalue weighted by Crippen LogP contribution is -2.48. The van der Waals surface area contributed by atoms with Crippen LogP contribution in [0.5, 0.6) is 0 Å². The second-order valence-electron chi connectivity index (χ2n) is 6.34. The van der Waals surface area contributed by atoms with Gasteiger partial charge >= 0.3 is 0 Å². The molecule has 2 atom stereocenters. The highest BCUT2D eigenvalue weighted by Gasteiger charge is 2.45. The monoisotopic (exact) mass is 308 g/mol. The van der Waals surface area contributed by atoms with E-state index in [0.29, 0.717) is 18.9 Å². The third-order valence-corrected chi connectivity index (χ3v) is 6.87. The minimum Gasteiger partial charge on any atom is -0.330 e. The van der Waals surface area contributed by atoms with Crippen molar-refractivity contribution in [2.45, 2.75) is 44.2 Å². The molecule has 0 spiro atoms. The van der Waals surface area contributed by atoms with Crippen LogP contribution in [0.15, 0.2) is 30.3 Å². The fourth-order valence-corrected chi connectivity index (χ4v) is 5.89. The summed E-state index contributed by atoms with van der Waals surface area (Å²) in [5, 5.41) is 0. The summed E-state index contributed by atoms with van der Waals surface area (Å²) in [5.41, 5.74) is 6.86. The third kappa shape index (κ3) is 3.15. The average Bonchev–Trinajstić information content (AvgIpc) is 2.78. The summed E-state index contributed by atoms with van der Waals surface area (Å²) >= 11 is 0. The Labute approximate surface area is 127 Å². The second-order valence-corrected chi connectivity index (χ2v) is 8.33. The van der Waals surface area contributed by atoms with E-state index in [4.69, 9.17) is 5.73 Å². The molecule has 0 aliphatic carbocycles. The van der Waals surface area contributed by atoms with Crippen LogP contribution in [0.25, 0.3) is 0 Å². The van der Waals surface area contributed by atoms with Crippen molar-refractivity contribution >= 4 is 10.0 Å². The quantitative estimate of drug-likeness (QED) is 0.901. The van der Waals surface area contributed by atoms with Gasteiger partial charge in [0, 0.05) is 12.1 Å². The second kappa shape index (κ2) is 6.07. The lowest BCUT2D eigenvalue weighted by atomic mass is 9.93. The molecular formula is C16H24N2O2S. The Morgan fingerprint density at radius 3 is 2.29 bits per heavy atom. The van der Waals surface area contributed by atoms with Crippen molar-refractivity contribution in [2.75, 3.05) is 12.3 Å². The van der Waals surface area contributed by atoms with Crippen molar-refractivity contribution in [2.24, 2.45) is 11.7 Å². The normalized spacial score (nSPS) is 29.7. The molecule has 2 aliphatic rings. The van der Waals surface area contributed by atoms with Gasteiger partial charge in [-0.2, -0.15) is 4.31 Å². The first-order valence-corrected chi connectivity index (χ1v) is 9.46. The van der Waals surface area contributed by atoms with Gasteiger partial charge in [-0.25, -0.2) is 8.42 Å². The van der Waals surface area contributed by atoms with E-state index in [1.54, 1.807) is 0 Å². The van der Waals surface area contributed by atoms with E-state index in [2.05, 4.69) is 0 Å². The largest absolute Gasteiger partial charge is 0.330 e. The molecule has 2 saturated heterocycles. The van der Waals surface area contributed by atoms with Crippen molar-refractivity contribution in [1.29, 1.82) is 0 Å². The zero-order valence-corrected chi connectivity index (χ0v) is 13.1. The molecule has 0 aromatic heterocycles. The Hall–Kier alpha value is -0.910. The van der Waals surface area contributed by atoms with Crippen molar-refractivity contribution in [3.63, 3.8) is 0 Å². The Morgan fingerprint density at radius 2 is 1.71 bits per heavy atom. The van der Waals surface area contributed by atoms with Crippen LogP contribution in [0.3, 0.4) is 0 Å². The number of aryl methyl sites for hydroxylation is 1. The molecular weight excluding hydrogens is 284 g/mol. The van der Waals surface area contributed by atoms with Crippen LogP contribution < -0.4 is 5.73 Å². The molecule has 0 amide bonds. The van der Waals surface area contributed by atoms with Gasteiger partial charge in [0.25, 0.3) is 0 Å². The summed E-state index contributed by atoms with van der Waals surface area (Å²) in [6.45, 7) is 0.685. The molecule has 2 bridgehead atoms. The lowest BCUT2D eigenvalue weighted by molar-refractivity contribution is 0.194. The molecule has 2 aliphatic heterocycles. The highest BCUT2D eigenvalue weighted by molar-refractivity contribution is 7.89. The van der Waals surface area contributed by atoms with Gasteiger partial charge < -0.3 is 5.73 Å². The van der Waals surface area contributed by atoms with Gasteiger partial charge in [-0.05, 0) is 50.1 Å². The first kappa shape index (κ1) is 15.0. The highest BCUT2D eigenvalue weighted by atomic mass is 32.2. The fraction of sp³-hybridized carbons (Fsp3) is 0.625. The molecule has 1 aromatic rings. The third-order valence-electron chi connectivity index (χ3n) is 4.91. The molecule has 3 rings (SSSR count). The maximum Gasteiger partial charge on any atom is 0.214 e. The van der Waals surface area contributed by atoms with Crippen LogP contribution in [-0.4, -0.2) is 37.1 Å². The Morgan fingerprint density at radius 1 is 1.10 bits per heavy atom. The number of fused-ring (bicyclic) bond motifs is 2. The number of nitrogens with two attached hydrogens (primary N) is 1. The predicted molar refractivity (Wildman–Crippen MR) is 84.4 cm³/mol. The minimum absolute atomic E-state index is 0.193. The summed E-state index contributed by atoms with van der Waals surface area (Å²) in [5.74, 6) is 0.722. The standard InChI is InChI=1S/C16H24N2O2S/c17-12-14-10-15-6-7-16(11-14)18(15)21(19,20)9-8-13-4-2-1-3-5-13/h1-5,14-16H,6-12,17H2. The average molecular weight is 308 g/mol. The van der Waals surface area contributed by atoms with Gasteiger partial charge in [0.05, 0.1) is 5.75 Å². The summed E-state index contributed by atoms with van der Waals surface area (Å²) in [6, 6.07) is 10.2. The summed E-state index contributed by atoms with van der Waals surface area (Å²) in [6.07, 6.45) is 4.49. The van der Waals surface area contributed by atoms with Crippen LogP contribution in [0.1, 0.15) is 31.2 Å². The molecule has 0 saturated carbocycles. The van der Waals surface area contributed by atoms with E-state index in [9.17, 15) is 8.42 Å². The van der Waals surface area contributed by atoms with Gasteiger partial charge in [-0.15, -0.1) is 0 Å². The smallest absolute Gasteiger partial charge is 0.214 e. The molecule has 2 fully saturated rings. The van der Waals surface area contributed by atoms with Crippen molar-refractivity contribution in [3.8, 4) is 0 Å². The molecule has 1 aromatic carbocycles. The van der Waals surface area contributed by atoms with E-state index < -0.39 is 10.0 Å². The molecule has 116 valence electrons. The topological polar surface area (TPSA) is 63.4 Å².